The van der Waals surface area contributed by atoms with Gasteiger partial charge in [0.15, 0.2) is 0 Å². The standard InChI is InChI=1S/C8H9BrN2S/c1-8(2,5-10)11-7-3-6(9)4-12-7/h3-4,11H,1-2H3. The Kier molecular flexibility index (Phi) is 2.76. The number of nitriles is 1. The monoisotopic (exact) mass is 244 g/mol. The number of hydrogen-bond acceptors (Lipinski definition) is 3. The van der Waals surface area contributed by atoms with Crippen molar-refractivity contribution in [1.82, 2.24) is 0 Å². The van der Waals surface area contributed by atoms with E-state index in [-0.39, 0.29) is 0 Å². The van der Waals surface area contributed by atoms with E-state index in [4.69, 9.17) is 5.26 Å². The smallest absolute Gasteiger partial charge is 0.120 e. The number of halogens is 1. The first-order chi connectivity index (χ1) is 5.53. The van der Waals surface area contributed by atoms with Crippen LogP contribution in [0, 0.1) is 11.3 Å². The largest absolute Gasteiger partial charge is 0.359 e. The van der Waals surface area contributed by atoms with E-state index < -0.39 is 5.54 Å². The lowest BCUT2D eigenvalue weighted by molar-refractivity contribution is 0.732. The molecule has 4 heteroatoms. The third-order valence-electron chi connectivity index (χ3n) is 1.28. The summed E-state index contributed by atoms with van der Waals surface area (Å²) in [4.78, 5) is 0. The summed E-state index contributed by atoms with van der Waals surface area (Å²) in [6, 6.07) is 4.14. The fourth-order valence-electron chi connectivity index (χ4n) is 0.715. The van der Waals surface area contributed by atoms with Gasteiger partial charge in [-0.2, -0.15) is 5.26 Å². The van der Waals surface area contributed by atoms with Crippen LogP contribution in [-0.2, 0) is 0 Å². The van der Waals surface area contributed by atoms with E-state index >= 15 is 0 Å². The van der Waals surface area contributed by atoms with Gasteiger partial charge in [0.1, 0.15) is 5.54 Å². The average molecular weight is 245 g/mol. The van der Waals surface area contributed by atoms with Crippen LogP contribution in [0.5, 0.6) is 0 Å². The van der Waals surface area contributed by atoms with Crippen molar-refractivity contribution in [3.63, 3.8) is 0 Å². The van der Waals surface area contributed by atoms with Crippen molar-refractivity contribution in [2.75, 3.05) is 5.32 Å². The number of anilines is 1. The van der Waals surface area contributed by atoms with Gasteiger partial charge in [-0.25, -0.2) is 0 Å². The Hall–Kier alpha value is -0.530. The molecule has 0 amide bonds. The first kappa shape index (κ1) is 9.56. The predicted octanol–water partition coefficient (Wildman–Crippen LogP) is 3.22. The Morgan fingerprint density at radius 2 is 2.33 bits per heavy atom. The third kappa shape index (κ3) is 2.50. The van der Waals surface area contributed by atoms with Crippen LogP contribution in [0.25, 0.3) is 0 Å². The van der Waals surface area contributed by atoms with E-state index in [0.717, 1.165) is 9.47 Å². The highest BCUT2D eigenvalue weighted by molar-refractivity contribution is 9.10. The molecule has 12 heavy (non-hydrogen) atoms. The van der Waals surface area contributed by atoms with E-state index in [9.17, 15) is 0 Å². The van der Waals surface area contributed by atoms with Crippen LogP contribution in [0.2, 0.25) is 0 Å². The van der Waals surface area contributed by atoms with Crippen LogP contribution < -0.4 is 5.32 Å². The van der Waals surface area contributed by atoms with Gasteiger partial charge in [-0.05, 0) is 35.8 Å². The van der Waals surface area contributed by atoms with Crippen molar-refractivity contribution in [1.29, 1.82) is 5.26 Å². The molecular weight excluding hydrogens is 236 g/mol. The molecule has 2 nitrogen and oxygen atoms in total. The van der Waals surface area contributed by atoms with E-state index in [1.807, 2.05) is 25.3 Å². The van der Waals surface area contributed by atoms with Gasteiger partial charge >= 0.3 is 0 Å². The second-order valence-electron chi connectivity index (χ2n) is 2.99. The van der Waals surface area contributed by atoms with E-state index in [0.29, 0.717) is 0 Å². The van der Waals surface area contributed by atoms with Crippen LogP contribution in [0.15, 0.2) is 15.9 Å². The lowest BCUT2D eigenvalue weighted by atomic mass is 10.1. The van der Waals surface area contributed by atoms with Crippen LogP contribution in [0.1, 0.15) is 13.8 Å². The van der Waals surface area contributed by atoms with Crippen molar-refractivity contribution >= 4 is 32.3 Å². The van der Waals surface area contributed by atoms with Crippen molar-refractivity contribution in [3.8, 4) is 6.07 Å². The maximum atomic E-state index is 8.74. The summed E-state index contributed by atoms with van der Waals surface area (Å²) in [7, 11) is 0. The van der Waals surface area contributed by atoms with Gasteiger partial charge < -0.3 is 5.32 Å². The Balaban J connectivity index is 2.72. The van der Waals surface area contributed by atoms with Gasteiger partial charge in [0.25, 0.3) is 0 Å². The third-order valence-corrected chi connectivity index (χ3v) is 2.89. The molecule has 0 saturated carbocycles. The molecule has 64 valence electrons. The lowest BCUT2D eigenvalue weighted by Gasteiger charge is -2.16. The molecule has 0 saturated heterocycles. The molecule has 0 spiro atoms. The molecular formula is C8H9BrN2S. The summed E-state index contributed by atoms with van der Waals surface area (Å²) < 4.78 is 1.05. The van der Waals surface area contributed by atoms with Gasteiger partial charge in [-0.1, -0.05) is 0 Å². The highest BCUT2D eigenvalue weighted by Gasteiger charge is 2.16. The summed E-state index contributed by atoms with van der Waals surface area (Å²) in [5.74, 6) is 0. The van der Waals surface area contributed by atoms with Gasteiger partial charge in [0, 0.05) is 9.85 Å². The number of nitrogens with zero attached hydrogens (tertiary/aromatic N) is 1. The molecule has 0 unspecified atom stereocenters. The zero-order chi connectivity index (χ0) is 9.19. The van der Waals surface area contributed by atoms with E-state index in [1.54, 1.807) is 11.3 Å². The summed E-state index contributed by atoms with van der Waals surface area (Å²) in [6.07, 6.45) is 0. The van der Waals surface area contributed by atoms with Gasteiger partial charge in [0.05, 0.1) is 11.1 Å². The molecule has 1 N–H and O–H groups in total. The average Bonchev–Trinajstić information content (AvgIpc) is 2.35. The van der Waals surface area contributed by atoms with Crippen molar-refractivity contribution < 1.29 is 0 Å². The van der Waals surface area contributed by atoms with Gasteiger partial charge in [-0.3, -0.25) is 0 Å². The van der Waals surface area contributed by atoms with E-state index in [1.165, 1.54) is 0 Å². The predicted molar refractivity (Wildman–Crippen MR) is 55.3 cm³/mol. The summed E-state index contributed by atoms with van der Waals surface area (Å²) in [6.45, 7) is 3.70. The maximum absolute atomic E-state index is 8.74. The van der Waals surface area contributed by atoms with Crippen molar-refractivity contribution in [2.45, 2.75) is 19.4 Å². The molecule has 0 aliphatic rings. The highest BCUT2D eigenvalue weighted by Crippen LogP contribution is 2.26. The van der Waals surface area contributed by atoms with Crippen LogP contribution in [0.3, 0.4) is 0 Å². The zero-order valence-corrected chi connectivity index (χ0v) is 9.29. The molecule has 0 fully saturated rings. The Morgan fingerprint density at radius 1 is 1.67 bits per heavy atom. The number of nitrogens with one attached hydrogen (secondary N) is 1. The number of rotatable bonds is 2. The first-order valence-electron chi connectivity index (χ1n) is 3.47. The second-order valence-corrected chi connectivity index (χ2v) is 4.82. The minimum atomic E-state index is -0.496. The normalized spacial score (nSPS) is 10.8. The highest BCUT2D eigenvalue weighted by atomic mass is 79.9. The molecule has 0 bridgehead atoms. The van der Waals surface area contributed by atoms with Crippen molar-refractivity contribution in [3.05, 3.63) is 15.9 Å². The summed E-state index contributed by atoms with van der Waals surface area (Å²) in [5, 5.41) is 14.8. The van der Waals surface area contributed by atoms with Gasteiger partial charge in [0.2, 0.25) is 0 Å². The quantitative estimate of drug-likeness (QED) is 0.868. The first-order valence-corrected chi connectivity index (χ1v) is 5.14. The Morgan fingerprint density at radius 3 is 2.75 bits per heavy atom. The Labute approximate surface area is 84.3 Å². The molecule has 0 aliphatic heterocycles. The Bertz CT molecular complexity index is 311. The number of hydrogen-bond donors (Lipinski definition) is 1. The summed E-state index contributed by atoms with van der Waals surface area (Å²) >= 11 is 4.93. The number of thiophene rings is 1. The minimum absolute atomic E-state index is 0.496. The van der Waals surface area contributed by atoms with Crippen molar-refractivity contribution in [2.24, 2.45) is 0 Å². The SMILES string of the molecule is CC(C)(C#N)Nc1cc(Br)cs1. The molecule has 0 aliphatic carbocycles. The van der Waals surface area contributed by atoms with Crippen LogP contribution >= 0.6 is 27.3 Å². The topological polar surface area (TPSA) is 35.8 Å². The lowest BCUT2D eigenvalue weighted by Crippen LogP contribution is -2.27. The van der Waals surface area contributed by atoms with Crippen LogP contribution in [0.4, 0.5) is 5.00 Å². The fourth-order valence-corrected chi connectivity index (χ4v) is 2.19. The maximum Gasteiger partial charge on any atom is 0.120 e. The minimum Gasteiger partial charge on any atom is -0.359 e. The molecule has 0 aromatic carbocycles. The molecule has 0 radical (unpaired) electrons. The molecule has 1 heterocycles. The van der Waals surface area contributed by atoms with E-state index in [2.05, 4.69) is 27.3 Å². The fraction of sp³-hybridized carbons (Fsp3) is 0.375. The molecule has 1 aromatic heterocycles. The second kappa shape index (κ2) is 3.46. The molecule has 1 rings (SSSR count). The zero-order valence-electron chi connectivity index (χ0n) is 6.89. The molecule has 0 atom stereocenters. The van der Waals surface area contributed by atoms with Gasteiger partial charge in [-0.15, -0.1) is 11.3 Å². The summed E-state index contributed by atoms with van der Waals surface area (Å²) in [5.41, 5.74) is -0.496. The molecule has 1 aromatic rings. The van der Waals surface area contributed by atoms with Crippen LogP contribution in [-0.4, -0.2) is 5.54 Å².